The number of benzene rings is 3. The summed E-state index contributed by atoms with van der Waals surface area (Å²) in [5.74, 6) is -0.0485. The van der Waals surface area contributed by atoms with Crippen LogP contribution < -0.4 is 9.64 Å². The molecule has 166 valence electrons. The molecule has 3 rings (SSSR count). The van der Waals surface area contributed by atoms with E-state index in [4.69, 9.17) is 32.7 Å². The molecule has 32 heavy (non-hydrogen) atoms. The predicted molar refractivity (Wildman–Crippen MR) is 130 cm³/mol. The van der Waals surface area contributed by atoms with Gasteiger partial charge < -0.3 is 14.4 Å². The number of carbonyl (C=O) groups excluding carboxylic acids is 2. The number of esters is 1. The number of methoxy groups -OCH3 is 1. The number of halogens is 3. The zero-order chi connectivity index (χ0) is 23.3. The fourth-order valence-electron chi connectivity index (χ4n) is 3.05. The first-order valence-electron chi connectivity index (χ1n) is 9.70. The lowest BCUT2D eigenvalue weighted by molar-refractivity contribution is 0.0526. The van der Waals surface area contributed by atoms with E-state index in [0.717, 1.165) is 5.56 Å². The minimum Gasteiger partial charge on any atom is -0.496 e. The van der Waals surface area contributed by atoms with Crippen LogP contribution in [0.4, 0.5) is 5.69 Å². The molecule has 0 bridgehead atoms. The van der Waals surface area contributed by atoms with E-state index in [2.05, 4.69) is 15.9 Å². The Morgan fingerprint density at radius 3 is 2.25 bits per heavy atom. The van der Waals surface area contributed by atoms with Gasteiger partial charge in [0.25, 0.3) is 5.91 Å². The summed E-state index contributed by atoms with van der Waals surface area (Å²) in [6.45, 7) is 2.24. The highest BCUT2D eigenvalue weighted by atomic mass is 79.9. The number of amides is 1. The topological polar surface area (TPSA) is 55.8 Å². The number of ether oxygens (including phenoxy) is 2. The van der Waals surface area contributed by atoms with Crippen molar-refractivity contribution in [1.82, 2.24) is 0 Å². The van der Waals surface area contributed by atoms with Crippen molar-refractivity contribution in [2.24, 2.45) is 0 Å². The van der Waals surface area contributed by atoms with E-state index in [-0.39, 0.29) is 19.1 Å². The van der Waals surface area contributed by atoms with Gasteiger partial charge >= 0.3 is 5.97 Å². The van der Waals surface area contributed by atoms with Crippen LogP contribution in [-0.4, -0.2) is 25.6 Å². The Bertz CT molecular complexity index is 1140. The standard InChI is InChI=1S/C24H20BrCl2NO4/c1-3-32-24(30)15-5-9-19(10-6-15)28(14-17-4-8-18(26)13-21(17)27)23(29)16-7-11-22(31-2)20(25)12-16/h4-13H,3,14H2,1-2H3. The van der Waals surface area contributed by atoms with Gasteiger partial charge in [-0.15, -0.1) is 0 Å². The Labute approximate surface area is 205 Å². The van der Waals surface area contributed by atoms with Crippen molar-refractivity contribution < 1.29 is 19.1 Å². The van der Waals surface area contributed by atoms with E-state index in [1.807, 2.05) is 0 Å². The molecule has 0 saturated carbocycles. The fraction of sp³-hybridized carbons (Fsp3) is 0.167. The van der Waals surface area contributed by atoms with Crippen molar-refractivity contribution in [2.75, 3.05) is 18.6 Å². The molecule has 0 N–H and O–H groups in total. The largest absolute Gasteiger partial charge is 0.496 e. The summed E-state index contributed by atoms with van der Waals surface area (Å²) in [5, 5.41) is 0.962. The lowest BCUT2D eigenvalue weighted by Crippen LogP contribution is -2.30. The molecule has 0 aromatic heterocycles. The Balaban J connectivity index is 2.00. The van der Waals surface area contributed by atoms with Gasteiger partial charge in [-0.05, 0) is 83.0 Å². The maximum atomic E-state index is 13.5. The molecule has 8 heteroatoms. The maximum Gasteiger partial charge on any atom is 0.338 e. The molecule has 3 aromatic carbocycles. The van der Waals surface area contributed by atoms with Crippen molar-refractivity contribution in [1.29, 1.82) is 0 Å². The molecular formula is C24H20BrCl2NO4. The Kier molecular flexibility index (Phi) is 8.18. The summed E-state index contributed by atoms with van der Waals surface area (Å²) in [6.07, 6.45) is 0. The van der Waals surface area contributed by atoms with Crippen LogP contribution in [0.3, 0.4) is 0 Å². The monoisotopic (exact) mass is 535 g/mol. The average molecular weight is 537 g/mol. The van der Waals surface area contributed by atoms with Crippen molar-refractivity contribution in [3.8, 4) is 5.75 Å². The third-order valence-corrected chi connectivity index (χ3v) is 5.88. The Hall–Kier alpha value is -2.54. The van der Waals surface area contributed by atoms with E-state index in [0.29, 0.717) is 37.1 Å². The van der Waals surface area contributed by atoms with Gasteiger partial charge in [-0.2, -0.15) is 0 Å². The highest BCUT2D eigenvalue weighted by Crippen LogP contribution is 2.29. The van der Waals surface area contributed by atoms with Crippen LogP contribution in [0.15, 0.2) is 65.1 Å². The molecule has 0 unspecified atom stereocenters. The van der Waals surface area contributed by atoms with E-state index < -0.39 is 5.97 Å². The second-order valence-electron chi connectivity index (χ2n) is 6.74. The third kappa shape index (κ3) is 5.63. The molecule has 0 heterocycles. The molecule has 0 radical (unpaired) electrons. The third-order valence-electron chi connectivity index (χ3n) is 4.68. The number of anilines is 1. The van der Waals surface area contributed by atoms with Gasteiger partial charge in [0.15, 0.2) is 0 Å². The van der Waals surface area contributed by atoms with Gasteiger partial charge in [0.05, 0.1) is 30.3 Å². The quantitative estimate of drug-likeness (QED) is 0.312. The lowest BCUT2D eigenvalue weighted by atomic mass is 10.1. The molecule has 0 aliphatic carbocycles. The predicted octanol–water partition coefficient (Wildman–Crippen LogP) is 6.79. The van der Waals surface area contributed by atoms with Crippen molar-refractivity contribution >= 4 is 56.7 Å². The number of hydrogen-bond acceptors (Lipinski definition) is 4. The molecule has 0 atom stereocenters. The smallest absolute Gasteiger partial charge is 0.338 e. The van der Waals surface area contributed by atoms with E-state index in [1.165, 1.54) is 0 Å². The molecule has 5 nitrogen and oxygen atoms in total. The zero-order valence-corrected chi connectivity index (χ0v) is 20.5. The van der Waals surface area contributed by atoms with Gasteiger partial charge in [-0.1, -0.05) is 29.3 Å². The summed E-state index contributed by atoms with van der Waals surface area (Å²) >= 11 is 15.8. The lowest BCUT2D eigenvalue weighted by Gasteiger charge is -2.24. The molecule has 0 spiro atoms. The molecule has 3 aromatic rings. The SMILES string of the molecule is CCOC(=O)c1ccc(N(Cc2ccc(Cl)cc2Cl)C(=O)c2ccc(OC)c(Br)c2)cc1. The second-order valence-corrected chi connectivity index (χ2v) is 8.44. The normalized spacial score (nSPS) is 10.5. The van der Waals surface area contributed by atoms with Crippen molar-refractivity contribution in [3.05, 3.63) is 91.9 Å². The van der Waals surface area contributed by atoms with E-state index in [9.17, 15) is 9.59 Å². The number of rotatable bonds is 7. The first-order valence-corrected chi connectivity index (χ1v) is 11.3. The van der Waals surface area contributed by atoms with Gasteiger partial charge in [-0.25, -0.2) is 4.79 Å². The minimum atomic E-state index is -0.420. The van der Waals surface area contributed by atoms with Gasteiger partial charge in [-0.3, -0.25) is 4.79 Å². The van der Waals surface area contributed by atoms with Gasteiger partial charge in [0, 0.05) is 21.3 Å². The molecule has 0 fully saturated rings. The van der Waals surface area contributed by atoms with Crippen LogP contribution in [0, 0.1) is 0 Å². The molecule has 1 amide bonds. The highest BCUT2D eigenvalue weighted by Gasteiger charge is 2.21. The van der Waals surface area contributed by atoms with Crippen LogP contribution in [0.1, 0.15) is 33.2 Å². The minimum absolute atomic E-state index is 0.206. The zero-order valence-electron chi connectivity index (χ0n) is 17.4. The van der Waals surface area contributed by atoms with Crippen LogP contribution in [0.5, 0.6) is 5.75 Å². The second kappa shape index (κ2) is 10.9. The van der Waals surface area contributed by atoms with Crippen LogP contribution >= 0.6 is 39.1 Å². The van der Waals surface area contributed by atoms with Gasteiger partial charge in [0.1, 0.15) is 5.75 Å². The summed E-state index contributed by atoms with van der Waals surface area (Å²) in [6, 6.07) is 16.9. The number of nitrogens with zero attached hydrogens (tertiary/aromatic N) is 1. The molecule has 0 aliphatic heterocycles. The summed E-state index contributed by atoms with van der Waals surface area (Å²) in [7, 11) is 1.56. The van der Waals surface area contributed by atoms with E-state index in [1.54, 1.807) is 79.6 Å². The Morgan fingerprint density at radius 1 is 0.969 bits per heavy atom. The first-order chi connectivity index (χ1) is 15.3. The number of hydrogen-bond donors (Lipinski definition) is 0. The van der Waals surface area contributed by atoms with Gasteiger partial charge in [0.2, 0.25) is 0 Å². The van der Waals surface area contributed by atoms with Crippen molar-refractivity contribution in [3.63, 3.8) is 0 Å². The molecular weight excluding hydrogens is 517 g/mol. The summed E-state index contributed by atoms with van der Waals surface area (Å²) < 4.78 is 11.0. The van der Waals surface area contributed by atoms with Crippen LogP contribution in [0.25, 0.3) is 0 Å². The maximum absolute atomic E-state index is 13.5. The summed E-state index contributed by atoms with van der Waals surface area (Å²) in [4.78, 5) is 27.1. The van der Waals surface area contributed by atoms with Crippen molar-refractivity contribution in [2.45, 2.75) is 13.5 Å². The molecule has 0 aliphatic rings. The van der Waals surface area contributed by atoms with E-state index >= 15 is 0 Å². The Morgan fingerprint density at radius 2 is 1.66 bits per heavy atom. The summed E-state index contributed by atoms with van der Waals surface area (Å²) in [5.41, 5.74) is 2.18. The van der Waals surface area contributed by atoms with Crippen LogP contribution in [0.2, 0.25) is 10.0 Å². The number of carbonyl (C=O) groups is 2. The van der Waals surface area contributed by atoms with Crippen LogP contribution in [-0.2, 0) is 11.3 Å². The fourth-order valence-corrected chi connectivity index (χ4v) is 4.06. The average Bonchev–Trinajstić information content (AvgIpc) is 2.78. The highest BCUT2D eigenvalue weighted by molar-refractivity contribution is 9.10. The first kappa shape index (κ1) is 24.1. The molecule has 0 saturated heterocycles.